The zero-order valence-electron chi connectivity index (χ0n) is 7.65. The summed E-state index contributed by atoms with van der Waals surface area (Å²) in [7, 11) is 1.92. The maximum atomic E-state index is 3.73. The normalized spacial score (nSPS) is 13.0. The number of nitrogens with one attached hydrogen (secondary N) is 1. The Bertz CT molecular complexity index is 175. The van der Waals surface area contributed by atoms with E-state index in [0.29, 0.717) is 0 Å². The minimum absolute atomic E-state index is 1.05. The highest BCUT2D eigenvalue weighted by Crippen LogP contribution is 2.02. The molecule has 0 heterocycles. The molecule has 0 aliphatic heterocycles. The molecule has 0 radical (unpaired) electrons. The summed E-state index contributed by atoms with van der Waals surface area (Å²) in [5.41, 5.74) is 2.34. The molecule has 0 saturated carbocycles. The third-order valence-electron chi connectivity index (χ3n) is 1.45. The minimum Gasteiger partial charge on any atom is -0.392 e. The third kappa shape index (κ3) is 4.43. The van der Waals surface area contributed by atoms with E-state index in [1.54, 1.807) is 0 Å². The number of rotatable bonds is 4. The molecule has 0 rings (SSSR count). The van der Waals surface area contributed by atoms with Crippen LogP contribution in [0.4, 0.5) is 0 Å². The van der Waals surface area contributed by atoms with Gasteiger partial charge in [0, 0.05) is 12.7 Å². The Kier molecular flexibility index (Phi) is 5.26. The van der Waals surface area contributed by atoms with Gasteiger partial charge in [-0.15, -0.1) is 0 Å². The van der Waals surface area contributed by atoms with Crippen molar-refractivity contribution >= 4 is 0 Å². The van der Waals surface area contributed by atoms with Crippen LogP contribution in [-0.4, -0.2) is 7.05 Å². The zero-order valence-corrected chi connectivity index (χ0v) is 7.65. The van der Waals surface area contributed by atoms with Gasteiger partial charge >= 0.3 is 0 Å². The van der Waals surface area contributed by atoms with Crippen molar-refractivity contribution in [2.24, 2.45) is 0 Å². The lowest BCUT2D eigenvalue weighted by Crippen LogP contribution is -2.01. The number of hydrogen-bond acceptors (Lipinski definition) is 1. The molecule has 0 aromatic carbocycles. The second-order valence-electron chi connectivity index (χ2n) is 2.39. The third-order valence-corrected chi connectivity index (χ3v) is 1.45. The molecule has 1 N–H and O–H groups in total. The Hall–Kier alpha value is -0.980. The van der Waals surface area contributed by atoms with E-state index in [4.69, 9.17) is 0 Å². The van der Waals surface area contributed by atoms with Crippen molar-refractivity contribution in [3.8, 4) is 0 Å². The van der Waals surface area contributed by atoms with Gasteiger partial charge in [0.1, 0.15) is 0 Å². The fraction of sp³-hybridized carbons (Fsp3) is 0.400. The average molecular weight is 151 g/mol. The fourth-order valence-corrected chi connectivity index (χ4v) is 0.759. The lowest BCUT2D eigenvalue weighted by Gasteiger charge is -1.98. The van der Waals surface area contributed by atoms with Crippen LogP contribution in [0.3, 0.4) is 0 Å². The summed E-state index contributed by atoms with van der Waals surface area (Å²) in [6, 6.07) is 0. The molecule has 0 bridgehead atoms. The average Bonchev–Trinajstić information content (AvgIpc) is 2.03. The summed E-state index contributed by atoms with van der Waals surface area (Å²) in [6.07, 6.45) is 7.14. The summed E-state index contributed by atoms with van der Waals surface area (Å²) in [5, 5.41) is 3.06. The van der Waals surface area contributed by atoms with Crippen LogP contribution in [0.2, 0.25) is 0 Å². The molecule has 0 spiro atoms. The Balaban J connectivity index is 4.29. The van der Waals surface area contributed by atoms with Gasteiger partial charge in [-0.3, -0.25) is 0 Å². The summed E-state index contributed by atoms with van der Waals surface area (Å²) in [4.78, 5) is 0. The Morgan fingerprint density at radius 1 is 1.55 bits per heavy atom. The summed E-state index contributed by atoms with van der Waals surface area (Å²) < 4.78 is 0. The molecule has 11 heavy (non-hydrogen) atoms. The SMILES string of the molecule is C=CC(=C/CC)/C=C(/C)NC. The molecule has 0 saturated heterocycles. The molecular weight excluding hydrogens is 134 g/mol. The maximum Gasteiger partial charge on any atom is 0.00783 e. The van der Waals surface area contributed by atoms with Crippen LogP contribution >= 0.6 is 0 Å². The summed E-state index contributed by atoms with van der Waals surface area (Å²) in [5.74, 6) is 0. The van der Waals surface area contributed by atoms with Gasteiger partial charge in [-0.2, -0.15) is 0 Å². The molecule has 0 unspecified atom stereocenters. The first-order chi connectivity index (χ1) is 5.24. The molecule has 0 aliphatic rings. The Morgan fingerprint density at radius 3 is 2.55 bits per heavy atom. The van der Waals surface area contributed by atoms with E-state index in [1.807, 2.05) is 20.0 Å². The smallest absolute Gasteiger partial charge is 0.00783 e. The van der Waals surface area contributed by atoms with Crippen molar-refractivity contribution in [2.45, 2.75) is 20.3 Å². The molecule has 0 fully saturated rings. The molecule has 0 atom stereocenters. The molecule has 1 nitrogen and oxygen atoms in total. The standard InChI is InChI=1S/C10H17N/c1-5-7-10(6-2)8-9(3)11-4/h6-8,11H,2,5H2,1,3-4H3/b9-8-,10-7-. The largest absolute Gasteiger partial charge is 0.392 e. The molecular formula is C10H17N. The van der Waals surface area contributed by atoms with Crippen molar-refractivity contribution in [1.29, 1.82) is 0 Å². The first-order valence-corrected chi connectivity index (χ1v) is 3.93. The van der Waals surface area contributed by atoms with Gasteiger partial charge in [-0.05, 0) is 25.0 Å². The van der Waals surface area contributed by atoms with Crippen molar-refractivity contribution < 1.29 is 0 Å². The van der Waals surface area contributed by atoms with Gasteiger partial charge < -0.3 is 5.32 Å². The molecule has 0 aromatic rings. The van der Waals surface area contributed by atoms with Crippen LogP contribution < -0.4 is 5.32 Å². The van der Waals surface area contributed by atoms with E-state index in [-0.39, 0.29) is 0 Å². The first-order valence-electron chi connectivity index (χ1n) is 3.93. The van der Waals surface area contributed by atoms with Crippen LogP contribution in [0.25, 0.3) is 0 Å². The Morgan fingerprint density at radius 2 is 2.18 bits per heavy atom. The first kappa shape index (κ1) is 10.0. The van der Waals surface area contributed by atoms with Crippen LogP contribution in [-0.2, 0) is 0 Å². The topological polar surface area (TPSA) is 12.0 Å². The highest BCUT2D eigenvalue weighted by Gasteiger charge is 1.85. The summed E-state index contributed by atoms with van der Waals surface area (Å²) in [6.45, 7) is 7.88. The quantitative estimate of drug-likeness (QED) is 0.609. The Labute approximate surface area is 69.5 Å². The van der Waals surface area contributed by atoms with Crippen LogP contribution in [0, 0.1) is 0 Å². The molecule has 62 valence electrons. The van der Waals surface area contributed by atoms with Crippen LogP contribution in [0.15, 0.2) is 36.1 Å². The highest BCUT2D eigenvalue weighted by molar-refractivity contribution is 5.30. The fourth-order valence-electron chi connectivity index (χ4n) is 0.759. The van der Waals surface area contributed by atoms with Crippen LogP contribution in [0.5, 0.6) is 0 Å². The van der Waals surface area contributed by atoms with Gasteiger partial charge in [0.05, 0.1) is 0 Å². The highest BCUT2D eigenvalue weighted by atomic mass is 14.8. The van der Waals surface area contributed by atoms with E-state index in [9.17, 15) is 0 Å². The van der Waals surface area contributed by atoms with E-state index in [2.05, 4.69) is 31.0 Å². The van der Waals surface area contributed by atoms with Crippen molar-refractivity contribution in [1.82, 2.24) is 5.32 Å². The molecule has 1 heteroatoms. The van der Waals surface area contributed by atoms with Gasteiger partial charge in [0.2, 0.25) is 0 Å². The van der Waals surface area contributed by atoms with E-state index < -0.39 is 0 Å². The molecule has 0 aliphatic carbocycles. The second kappa shape index (κ2) is 5.78. The molecule has 0 aromatic heterocycles. The van der Waals surface area contributed by atoms with Gasteiger partial charge in [0.15, 0.2) is 0 Å². The van der Waals surface area contributed by atoms with Gasteiger partial charge in [0.25, 0.3) is 0 Å². The monoisotopic (exact) mass is 151 g/mol. The second-order valence-corrected chi connectivity index (χ2v) is 2.39. The zero-order chi connectivity index (χ0) is 8.69. The van der Waals surface area contributed by atoms with Gasteiger partial charge in [-0.25, -0.2) is 0 Å². The maximum absolute atomic E-state index is 3.73. The number of allylic oxidation sites excluding steroid dienone is 5. The van der Waals surface area contributed by atoms with Crippen LogP contribution in [0.1, 0.15) is 20.3 Å². The van der Waals surface area contributed by atoms with E-state index in [1.165, 1.54) is 5.57 Å². The van der Waals surface area contributed by atoms with Crippen molar-refractivity contribution in [2.75, 3.05) is 7.05 Å². The lowest BCUT2D eigenvalue weighted by atomic mass is 10.2. The van der Waals surface area contributed by atoms with E-state index >= 15 is 0 Å². The predicted molar refractivity (Wildman–Crippen MR) is 51.4 cm³/mol. The number of hydrogen-bond donors (Lipinski definition) is 1. The minimum atomic E-state index is 1.05. The lowest BCUT2D eigenvalue weighted by molar-refractivity contribution is 0.987. The molecule has 0 amide bonds. The van der Waals surface area contributed by atoms with E-state index in [0.717, 1.165) is 12.1 Å². The van der Waals surface area contributed by atoms with Crippen molar-refractivity contribution in [3.63, 3.8) is 0 Å². The summed E-state index contributed by atoms with van der Waals surface area (Å²) >= 11 is 0. The van der Waals surface area contributed by atoms with Crippen molar-refractivity contribution in [3.05, 3.63) is 36.1 Å². The van der Waals surface area contributed by atoms with Gasteiger partial charge in [-0.1, -0.05) is 25.7 Å². The predicted octanol–water partition coefficient (Wildman–Crippen LogP) is 2.63.